The number of thioether (sulfide) groups is 1. The van der Waals surface area contributed by atoms with E-state index in [1.54, 1.807) is 0 Å². The highest BCUT2D eigenvalue weighted by Crippen LogP contribution is 2.31. The zero-order valence-electron chi connectivity index (χ0n) is 21.7. The van der Waals surface area contributed by atoms with Gasteiger partial charge in [0.2, 0.25) is 0 Å². The second-order valence-corrected chi connectivity index (χ2v) is 11.0. The minimum atomic E-state index is -0.461. The number of hydrogen-bond donors (Lipinski definition) is 0. The van der Waals surface area contributed by atoms with E-state index in [9.17, 15) is 9.59 Å². The Labute approximate surface area is 237 Å². The summed E-state index contributed by atoms with van der Waals surface area (Å²) >= 11 is 7.66. The normalized spacial score (nSPS) is 14.2. The first-order valence-electron chi connectivity index (χ1n) is 13.0. The summed E-state index contributed by atoms with van der Waals surface area (Å²) in [5.74, 6) is 0.211. The highest BCUT2D eigenvalue weighted by molar-refractivity contribution is 7.99. The number of aromatic nitrogens is 1. The van der Waals surface area contributed by atoms with Crippen molar-refractivity contribution in [3.05, 3.63) is 106 Å². The molecule has 5 rings (SSSR count). The van der Waals surface area contributed by atoms with Crippen molar-refractivity contribution < 1.29 is 14.3 Å². The maximum absolute atomic E-state index is 13.1. The summed E-state index contributed by atoms with van der Waals surface area (Å²) in [6.45, 7) is 3.03. The lowest BCUT2D eigenvalue weighted by Gasteiger charge is -2.20. The summed E-state index contributed by atoms with van der Waals surface area (Å²) < 4.78 is 5.73. The topological polar surface area (TPSA) is 59.5 Å². The molecule has 7 heteroatoms. The van der Waals surface area contributed by atoms with Crippen molar-refractivity contribution in [2.75, 3.05) is 18.8 Å². The minimum Gasteiger partial charge on any atom is -0.457 e. The van der Waals surface area contributed by atoms with E-state index in [-0.39, 0.29) is 11.9 Å². The first-order valence-corrected chi connectivity index (χ1v) is 14.4. The Balaban J connectivity index is 1.33. The lowest BCUT2D eigenvalue weighted by Crippen LogP contribution is -2.28. The van der Waals surface area contributed by atoms with Crippen LogP contribution in [0.4, 0.5) is 0 Å². The van der Waals surface area contributed by atoms with Gasteiger partial charge < -0.3 is 9.64 Å². The number of fused-ring (bicyclic) bond motifs is 1. The molecule has 1 aliphatic rings. The lowest BCUT2D eigenvalue weighted by molar-refractivity contribution is -0.145. The van der Waals surface area contributed by atoms with Crippen LogP contribution in [0.1, 0.15) is 53.0 Å². The molecule has 1 aliphatic heterocycles. The lowest BCUT2D eigenvalue weighted by atomic mass is 10.1. The second kappa shape index (κ2) is 12.5. The van der Waals surface area contributed by atoms with Gasteiger partial charge in [-0.15, -0.1) is 11.8 Å². The molecule has 0 saturated carbocycles. The number of carbonyl (C=O) groups is 2. The highest BCUT2D eigenvalue weighted by Gasteiger charge is 2.23. The van der Waals surface area contributed by atoms with Crippen LogP contribution in [0.25, 0.3) is 23.1 Å². The van der Waals surface area contributed by atoms with Crippen LogP contribution in [0, 0.1) is 0 Å². The number of ether oxygens (including phenoxy) is 1. The van der Waals surface area contributed by atoms with E-state index in [4.69, 9.17) is 16.3 Å². The fraction of sp³-hybridized carbons (Fsp3) is 0.219. The van der Waals surface area contributed by atoms with Crippen LogP contribution in [0.3, 0.4) is 0 Å². The van der Waals surface area contributed by atoms with Gasteiger partial charge in [-0.25, -0.2) is 4.98 Å². The second-order valence-electron chi connectivity index (χ2n) is 9.48. The molecular weight excluding hydrogens is 528 g/mol. The van der Waals surface area contributed by atoms with E-state index >= 15 is 0 Å². The van der Waals surface area contributed by atoms with Gasteiger partial charge in [0.15, 0.2) is 0 Å². The molecule has 0 bridgehead atoms. The summed E-state index contributed by atoms with van der Waals surface area (Å²) in [6.07, 6.45) is 5.58. The maximum Gasteiger partial charge on any atom is 0.303 e. The Kier molecular flexibility index (Phi) is 8.64. The third-order valence-corrected chi connectivity index (χ3v) is 7.99. The Morgan fingerprint density at radius 2 is 1.79 bits per heavy atom. The van der Waals surface area contributed by atoms with Crippen molar-refractivity contribution in [3.8, 4) is 0 Å². The number of pyridine rings is 1. The van der Waals surface area contributed by atoms with Gasteiger partial charge >= 0.3 is 5.97 Å². The van der Waals surface area contributed by atoms with Gasteiger partial charge in [-0.1, -0.05) is 60.1 Å². The van der Waals surface area contributed by atoms with Gasteiger partial charge in [0.25, 0.3) is 5.91 Å². The first kappa shape index (κ1) is 27.0. The fourth-order valence-electron chi connectivity index (χ4n) is 4.67. The molecule has 198 valence electrons. The molecule has 2 heterocycles. The van der Waals surface area contributed by atoms with Crippen molar-refractivity contribution in [1.82, 2.24) is 9.88 Å². The molecule has 39 heavy (non-hydrogen) atoms. The average molecular weight is 557 g/mol. The predicted molar refractivity (Wildman–Crippen MR) is 159 cm³/mol. The Morgan fingerprint density at radius 3 is 2.62 bits per heavy atom. The van der Waals surface area contributed by atoms with Crippen LogP contribution in [-0.4, -0.2) is 40.6 Å². The van der Waals surface area contributed by atoms with Crippen LogP contribution in [0.5, 0.6) is 0 Å². The standard InChI is InChI=1S/C32H29ClN2O3S/c1-22(36)38-30(21-39-31-10-3-2-9-28(31)32(37)35-17-4-5-18-35)25-8-6-7-23(19-25)11-15-27-16-13-24-12-14-26(33)20-29(24)34-27/h2-3,6-16,19-20,30H,4-5,17-18,21H2,1H3/b15-11+. The molecule has 3 aromatic carbocycles. The number of likely N-dealkylation sites (tertiary alicyclic amines) is 1. The van der Waals surface area contributed by atoms with E-state index in [2.05, 4.69) is 4.98 Å². The van der Waals surface area contributed by atoms with E-state index in [1.807, 2.05) is 95.9 Å². The zero-order valence-corrected chi connectivity index (χ0v) is 23.3. The number of amides is 1. The summed E-state index contributed by atoms with van der Waals surface area (Å²) in [5.41, 5.74) is 4.22. The average Bonchev–Trinajstić information content (AvgIpc) is 3.49. The summed E-state index contributed by atoms with van der Waals surface area (Å²) in [7, 11) is 0. The molecule has 1 unspecified atom stereocenters. The number of rotatable bonds is 8. The van der Waals surface area contributed by atoms with Gasteiger partial charge in [-0.05, 0) is 66.4 Å². The molecule has 4 aromatic rings. The maximum atomic E-state index is 13.1. The quantitative estimate of drug-likeness (QED) is 0.164. The number of esters is 1. The largest absolute Gasteiger partial charge is 0.457 e. The molecule has 0 N–H and O–H groups in total. The predicted octanol–water partition coefficient (Wildman–Crippen LogP) is 7.69. The van der Waals surface area contributed by atoms with Gasteiger partial charge in [-0.3, -0.25) is 9.59 Å². The molecule has 1 amide bonds. The monoisotopic (exact) mass is 556 g/mol. The Morgan fingerprint density at radius 1 is 1.00 bits per heavy atom. The number of benzene rings is 3. The molecule has 0 radical (unpaired) electrons. The Bertz CT molecular complexity index is 1530. The molecule has 5 nitrogen and oxygen atoms in total. The van der Waals surface area contributed by atoms with Gasteiger partial charge in [0.1, 0.15) is 6.10 Å². The van der Waals surface area contributed by atoms with Crippen molar-refractivity contribution in [2.24, 2.45) is 0 Å². The van der Waals surface area contributed by atoms with Crippen LogP contribution < -0.4 is 0 Å². The van der Waals surface area contributed by atoms with Crippen molar-refractivity contribution in [1.29, 1.82) is 0 Å². The van der Waals surface area contributed by atoms with Crippen LogP contribution in [-0.2, 0) is 9.53 Å². The van der Waals surface area contributed by atoms with Gasteiger partial charge in [0.05, 0.1) is 16.8 Å². The van der Waals surface area contributed by atoms with Crippen LogP contribution in [0.2, 0.25) is 5.02 Å². The van der Waals surface area contributed by atoms with Gasteiger partial charge in [0, 0.05) is 41.1 Å². The number of nitrogens with zero attached hydrogens (tertiary/aromatic N) is 2. The highest BCUT2D eigenvalue weighted by atomic mass is 35.5. The molecule has 1 aromatic heterocycles. The van der Waals surface area contributed by atoms with Crippen LogP contribution in [0.15, 0.2) is 83.8 Å². The van der Waals surface area contributed by atoms with Crippen molar-refractivity contribution in [3.63, 3.8) is 0 Å². The number of hydrogen-bond acceptors (Lipinski definition) is 5. The molecule has 1 fully saturated rings. The van der Waals surface area contributed by atoms with E-state index in [0.29, 0.717) is 16.3 Å². The molecule has 0 spiro atoms. The summed E-state index contributed by atoms with van der Waals surface area (Å²) in [4.78, 5) is 32.6. The van der Waals surface area contributed by atoms with E-state index in [1.165, 1.54) is 18.7 Å². The molecule has 1 saturated heterocycles. The van der Waals surface area contributed by atoms with Crippen LogP contribution >= 0.6 is 23.4 Å². The first-order chi connectivity index (χ1) is 19.0. The Hall–Kier alpha value is -3.61. The third kappa shape index (κ3) is 6.88. The summed E-state index contributed by atoms with van der Waals surface area (Å²) in [6, 6.07) is 25.3. The number of carbonyl (C=O) groups excluding carboxylic acids is 2. The molecule has 0 aliphatic carbocycles. The SMILES string of the molecule is CC(=O)OC(CSc1ccccc1C(=O)N1CCCC1)c1cccc(/C=C/c2ccc3ccc(Cl)cc3n2)c1. The molecule has 1 atom stereocenters. The van der Waals surface area contributed by atoms with Gasteiger partial charge in [-0.2, -0.15) is 0 Å². The fourth-order valence-corrected chi connectivity index (χ4v) is 5.91. The van der Waals surface area contributed by atoms with E-state index in [0.717, 1.165) is 58.6 Å². The smallest absolute Gasteiger partial charge is 0.303 e. The van der Waals surface area contributed by atoms with Crippen molar-refractivity contribution >= 4 is 58.3 Å². The number of halogens is 1. The third-order valence-electron chi connectivity index (χ3n) is 6.61. The minimum absolute atomic E-state index is 0.0661. The molecular formula is C32H29ClN2O3S. The van der Waals surface area contributed by atoms with E-state index < -0.39 is 6.10 Å². The summed E-state index contributed by atoms with van der Waals surface area (Å²) in [5, 5.41) is 1.69. The van der Waals surface area contributed by atoms with Crippen molar-refractivity contribution in [2.45, 2.75) is 30.8 Å². The zero-order chi connectivity index (χ0) is 27.2.